The third-order valence-corrected chi connectivity index (χ3v) is 4.78. The predicted octanol–water partition coefficient (Wildman–Crippen LogP) is 5.18. The fourth-order valence-electron chi connectivity index (χ4n) is 2.95. The van der Waals surface area contributed by atoms with E-state index in [1.54, 1.807) is 37.6 Å². The average molecular weight is 420 g/mol. The summed E-state index contributed by atoms with van der Waals surface area (Å²) in [5.41, 5.74) is 1.96. The highest BCUT2D eigenvalue weighted by Crippen LogP contribution is 2.26. The van der Waals surface area contributed by atoms with Crippen LogP contribution in [0.15, 0.2) is 81.9 Å². The van der Waals surface area contributed by atoms with E-state index in [0.29, 0.717) is 33.6 Å². The van der Waals surface area contributed by atoms with Gasteiger partial charge < -0.3 is 13.8 Å². The lowest BCUT2D eigenvalue weighted by Crippen LogP contribution is -2.27. The highest BCUT2D eigenvalue weighted by atomic mass is 35.5. The van der Waals surface area contributed by atoms with Gasteiger partial charge in [-0.1, -0.05) is 59.2 Å². The van der Waals surface area contributed by atoms with E-state index >= 15 is 0 Å². The van der Waals surface area contributed by atoms with Crippen LogP contribution in [0.5, 0.6) is 0 Å². The molecule has 7 heteroatoms. The first-order valence-corrected chi connectivity index (χ1v) is 9.63. The molecule has 0 radical (unpaired) electrons. The van der Waals surface area contributed by atoms with Gasteiger partial charge in [0.15, 0.2) is 0 Å². The molecule has 0 atom stereocenters. The van der Waals surface area contributed by atoms with Crippen LogP contribution >= 0.6 is 11.6 Å². The molecule has 0 bridgehead atoms. The Kier molecular flexibility index (Phi) is 5.77. The molecule has 0 aliphatic rings. The van der Waals surface area contributed by atoms with Gasteiger partial charge in [-0.15, -0.1) is 0 Å². The number of hydrogen-bond donors (Lipinski definition) is 0. The zero-order chi connectivity index (χ0) is 20.9. The van der Waals surface area contributed by atoms with Crippen LogP contribution in [0.1, 0.15) is 17.2 Å². The summed E-state index contributed by atoms with van der Waals surface area (Å²) >= 11 is 6.20. The van der Waals surface area contributed by atoms with Crippen molar-refractivity contribution in [3.8, 4) is 11.4 Å². The SMILES string of the molecule is CN(Cc1nc(-c2ccccc2Cl)no1)C(=O)/C(=C/c1ccco1)c1ccccc1. The Morgan fingerprint density at radius 3 is 2.57 bits per heavy atom. The maximum atomic E-state index is 13.2. The Labute approximate surface area is 178 Å². The summed E-state index contributed by atoms with van der Waals surface area (Å²) in [5, 5.41) is 4.51. The van der Waals surface area contributed by atoms with Crippen molar-refractivity contribution in [2.45, 2.75) is 6.54 Å². The summed E-state index contributed by atoms with van der Waals surface area (Å²) in [6.45, 7) is 0.151. The summed E-state index contributed by atoms with van der Waals surface area (Å²) in [4.78, 5) is 19.1. The van der Waals surface area contributed by atoms with Gasteiger partial charge >= 0.3 is 0 Å². The number of carbonyl (C=O) groups excluding carboxylic acids is 1. The van der Waals surface area contributed by atoms with Gasteiger partial charge in [-0.2, -0.15) is 4.98 Å². The van der Waals surface area contributed by atoms with Crippen molar-refractivity contribution in [1.82, 2.24) is 15.0 Å². The number of nitrogens with zero attached hydrogens (tertiary/aromatic N) is 3. The van der Waals surface area contributed by atoms with Gasteiger partial charge in [0.1, 0.15) is 5.76 Å². The normalized spacial score (nSPS) is 11.5. The van der Waals surface area contributed by atoms with Crippen LogP contribution in [0.3, 0.4) is 0 Å². The van der Waals surface area contributed by atoms with Crippen molar-refractivity contribution in [3.05, 3.63) is 95.2 Å². The van der Waals surface area contributed by atoms with E-state index in [0.717, 1.165) is 5.56 Å². The van der Waals surface area contributed by atoms with Crippen molar-refractivity contribution >= 4 is 29.2 Å². The molecule has 30 heavy (non-hydrogen) atoms. The number of hydrogen-bond acceptors (Lipinski definition) is 5. The standard InChI is InChI=1S/C23H18ClN3O3/c1-27(15-21-25-22(26-30-21)18-11-5-6-12-20(18)24)23(28)19(14-17-10-7-13-29-17)16-8-3-2-4-9-16/h2-14H,15H2,1H3/b19-14+. The molecule has 0 saturated heterocycles. The van der Waals surface area contributed by atoms with Gasteiger partial charge in [-0.05, 0) is 35.9 Å². The van der Waals surface area contributed by atoms with Crippen LogP contribution in [-0.4, -0.2) is 28.0 Å². The topological polar surface area (TPSA) is 72.4 Å². The van der Waals surface area contributed by atoms with Crippen molar-refractivity contribution < 1.29 is 13.7 Å². The molecule has 0 fully saturated rings. The predicted molar refractivity (Wildman–Crippen MR) is 114 cm³/mol. The molecule has 0 aliphatic carbocycles. The Balaban J connectivity index is 1.57. The first-order chi connectivity index (χ1) is 14.6. The molecule has 0 aliphatic heterocycles. The van der Waals surface area contributed by atoms with Crippen LogP contribution in [0.25, 0.3) is 23.0 Å². The lowest BCUT2D eigenvalue weighted by atomic mass is 10.0. The second-order valence-electron chi connectivity index (χ2n) is 6.59. The molecule has 2 aromatic heterocycles. The average Bonchev–Trinajstić information content (AvgIpc) is 3.45. The Morgan fingerprint density at radius 1 is 1.07 bits per heavy atom. The van der Waals surface area contributed by atoms with E-state index in [9.17, 15) is 4.79 Å². The maximum Gasteiger partial charge on any atom is 0.254 e. The second kappa shape index (κ2) is 8.80. The van der Waals surface area contributed by atoms with E-state index in [4.69, 9.17) is 20.5 Å². The van der Waals surface area contributed by atoms with E-state index in [1.165, 1.54) is 4.90 Å². The van der Waals surface area contributed by atoms with Gasteiger partial charge in [0.05, 0.1) is 23.4 Å². The minimum absolute atomic E-state index is 0.151. The number of likely N-dealkylation sites (N-methyl/N-ethyl adjacent to an activating group) is 1. The Hall–Kier alpha value is -3.64. The Morgan fingerprint density at radius 2 is 1.83 bits per heavy atom. The molecule has 2 aromatic carbocycles. The summed E-state index contributed by atoms with van der Waals surface area (Å²) in [6, 6.07) is 20.2. The third kappa shape index (κ3) is 4.34. The molecule has 0 N–H and O–H groups in total. The largest absolute Gasteiger partial charge is 0.465 e. The number of furan rings is 1. The first kappa shape index (κ1) is 19.7. The molecule has 0 saturated carbocycles. The van der Waals surface area contributed by atoms with Gasteiger partial charge in [-0.25, -0.2) is 0 Å². The lowest BCUT2D eigenvalue weighted by Gasteiger charge is -2.17. The summed E-state index contributed by atoms with van der Waals surface area (Å²) < 4.78 is 10.7. The monoisotopic (exact) mass is 419 g/mol. The molecule has 0 unspecified atom stereocenters. The smallest absolute Gasteiger partial charge is 0.254 e. The molecule has 0 spiro atoms. The minimum Gasteiger partial charge on any atom is -0.465 e. The molecule has 2 heterocycles. The number of halogens is 1. The maximum absolute atomic E-state index is 13.2. The van der Waals surface area contributed by atoms with E-state index in [-0.39, 0.29) is 12.5 Å². The zero-order valence-corrected chi connectivity index (χ0v) is 16.9. The third-order valence-electron chi connectivity index (χ3n) is 4.45. The van der Waals surface area contributed by atoms with E-state index in [2.05, 4.69) is 10.1 Å². The second-order valence-corrected chi connectivity index (χ2v) is 7.00. The van der Waals surface area contributed by atoms with Crippen LogP contribution in [0.2, 0.25) is 5.02 Å². The molecular weight excluding hydrogens is 402 g/mol. The number of rotatable bonds is 6. The van der Waals surface area contributed by atoms with Crippen LogP contribution in [0.4, 0.5) is 0 Å². The van der Waals surface area contributed by atoms with Gasteiger partial charge in [-0.3, -0.25) is 4.79 Å². The van der Waals surface area contributed by atoms with Crippen molar-refractivity contribution in [2.75, 3.05) is 7.05 Å². The summed E-state index contributed by atoms with van der Waals surface area (Å²) in [7, 11) is 1.68. The van der Waals surface area contributed by atoms with Crippen molar-refractivity contribution in [3.63, 3.8) is 0 Å². The number of benzene rings is 2. The van der Waals surface area contributed by atoms with Crippen molar-refractivity contribution in [2.24, 2.45) is 0 Å². The first-order valence-electron chi connectivity index (χ1n) is 9.25. The lowest BCUT2D eigenvalue weighted by molar-refractivity contribution is -0.124. The fourth-order valence-corrected chi connectivity index (χ4v) is 3.17. The van der Waals surface area contributed by atoms with Crippen molar-refractivity contribution in [1.29, 1.82) is 0 Å². The Bertz CT molecular complexity index is 1170. The minimum atomic E-state index is -0.199. The van der Waals surface area contributed by atoms with Gasteiger partial charge in [0, 0.05) is 12.6 Å². The van der Waals surface area contributed by atoms with E-state index < -0.39 is 0 Å². The highest BCUT2D eigenvalue weighted by molar-refractivity contribution is 6.33. The number of carbonyl (C=O) groups is 1. The summed E-state index contributed by atoms with van der Waals surface area (Å²) in [6.07, 6.45) is 3.29. The van der Waals surface area contributed by atoms with Gasteiger partial charge in [0.2, 0.25) is 11.7 Å². The molecule has 150 valence electrons. The van der Waals surface area contributed by atoms with Gasteiger partial charge in [0.25, 0.3) is 5.91 Å². The van der Waals surface area contributed by atoms with Crippen LogP contribution in [-0.2, 0) is 11.3 Å². The molecular formula is C23H18ClN3O3. The molecule has 4 aromatic rings. The quantitative estimate of drug-likeness (QED) is 0.402. The molecule has 1 amide bonds. The number of aromatic nitrogens is 2. The zero-order valence-electron chi connectivity index (χ0n) is 16.2. The fraction of sp³-hybridized carbons (Fsp3) is 0.0870. The van der Waals surface area contributed by atoms with Crippen LogP contribution < -0.4 is 0 Å². The molecule has 4 rings (SSSR count). The van der Waals surface area contributed by atoms with E-state index in [1.807, 2.05) is 48.5 Å². The summed E-state index contributed by atoms with van der Waals surface area (Å²) in [5.74, 6) is 1.08. The van der Waals surface area contributed by atoms with Crippen LogP contribution in [0, 0.1) is 0 Å². The molecule has 6 nitrogen and oxygen atoms in total. The highest BCUT2D eigenvalue weighted by Gasteiger charge is 2.20. The number of amides is 1.